The second-order valence-corrected chi connectivity index (χ2v) is 3.56. The Hall–Kier alpha value is -1.55. The molecule has 1 aromatic heterocycles. The topological polar surface area (TPSA) is 141 Å². The summed E-state index contributed by atoms with van der Waals surface area (Å²) in [4.78, 5) is 15.1. The van der Waals surface area contributed by atoms with Crippen LogP contribution in [0.1, 0.15) is 10.6 Å². The van der Waals surface area contributed by atoms with Gasteiger partial charge in [0, 0.05) is 0 Å². The molecule has 0 aliphatic carbocycles. The standard InChI is InChI=1S/C8H12N4O5/c13-1-3-4(14)5(15)8(17-3)11-7(16)6-9-2-10-12-6/h2-5,8,13-15H,1H2,(H,11,16)(H,9,10,12)/t3-,4-,5-,8?/m1/s1. The fourth-order valence-corrected chi connectivity index (χ4v) is 1.53. The van der Waals surface area contributed by atoms with Gasteiger partial charge in [-0.15, -0.1) is 5.10 Å². The first-order valence-corrected chi connectivity index (χ1v) is 4.92. The number of H-pyrrole nitrogens is 1. The Morgan fingerprint density at radius 2 is 2.29 bits per heavy atom. The molecule has 1 saturated heterocycles. The summed E-state index contributed by atoms with van der Waals surface area (Å²) in [6.45, 7) is -0.453. The summed E-state index contributed by atoms with van der Waals surface area (Å²) in [7, 11) is 0. The number of carbonyl (C=O) groups excluding carboxylic acids is 1. The maximum atomic E-state index is 11.5. The molecule has 94 valence electrons. The van der Waals surface area contributed by atoms with Gasteiger partial charge in [-0.25, -0.2) is 4.98 Å². The number of hydrogen-bond donors (Lipinski definition) is 5. The van der Waals surface area contributed by atoms with Gasteiger partial charge in [-0.3, -0.25) is 9.89 Å². The Morgan fingerprint density at radius 3 is 2.82 bits per heavy atom. The van der Waals surface area contributed by atoms with E-state index in [0.717, 1.165) is 0 Å². The van der Waals surface area contributed by atoms with E-state index < -0.39 is 37.1 Å². The first-order chi connectivity index (χ1) is 8.13. The van der Waals surface area contributed by atoms with Crippen LogP contribution in [-0.4, -0.2) is 67.6 Å². The van der Waals surface area contributed by atoms with Gasteiger partial charge in [-0.1, -0.05) is 0 Å². The van der Waals surface area contributed by atoms with E-state index in [1.54, 1.807) is 0 Å². The quantitative estimate of drug-likeness (QED) is 0.381. The molecular formula is C8H12N4O5. The lowest BCUT2D eigenvalue weighted by Gasteiger charge is -2.14. The van der Waals surface area contributed by atoms with Gasteiger partial charge in [0.05, 0.1) is 6.61 Å². The second kappa shape index (κ2) is 4.75. The van der Waals surface area contributed by atoms with E-state index in [1.807, 2.05) is 0 Å². The van der Waals surface area contributed by atoms with Crippen LogP contribution in [0.25, 0.3) is 0 Å². The number of hydrogen-bond acceptors (Lipinski definition) is 7. The maximum absolute atomic E-state index is 11.5. The zero-order valence-corrected chi connectivity index (χ0v) is 8.65. The molecule has 0 spiro atoms. The third-order valence-corrected chi connectivity index (χ3v) is 2.43. The van der Waals surface area contributed by atoms with Crippen molar-refractivity contribution in [2.45, 2.75) is 24.5 Å². The number of carbonyl (C=O) groups is 1. The van der Waals surface area contributed by atoms with Gasteiger partial charge < -0.3 is 25.4 Å². The highest BCUT2D eigenvalue weighted by molar-refractivity contribution is 5.90. The van der Waals surface area contributed by atoms with E-state index in [0.29, 0.717) is 0 Å². The minimum atomic E-state index is -1.31. The third kappa shape index (κ3) is 2.26. The molecule has 1 unspecified atom stereocenters. The third-order valence-electron chi connectivity index (χ3n) is 2.43. The van der Waals surface area contributed by atoms with Crippen molar-refractivity contribution in [2.75, 3.05) is 6.61 Å². The van der Waals surface area contributed by atoms with E-state index in [-0.39, 0.29) is 5.82 Å². The van der Waals surface area contributed by atoms with Crippen molar-refractivity contribution in [1.29, 1.82) is 0 Å². The van der Waals surface area contributed by atoms with Crippen molar-refractivity contribution < 1.29 is 24.9 Å². The average Bonchev–Trinajstić information content (AvgIpc) is 2.93. The molecule has 1 aliphatic rings. The fourth-order valence-electron chi connectivity index (χ4n) is 1.53. The van der Waals surface area contributed by atoms with E-state index in [9.17, 15) is 15.0 Å². The summed E-state index contributed by atoms with van der Waals surface area (Å²) in [6.07, 6.45) is -3.37. The van der Waals surface area contributed by atoms with Crippen molar-refractivity contribution in [2.24, 2.45) is 0 Å². The molecule has 5 N–H and O–H groups in total. The first-order valence-electron chi connectivity index (χ1n) is 4.92. The zero-order chi connectivity index (χ0) is 12.4. The average molecular weight is 244 g/mol. The molecule has 1 amide bonds. The van der Waals surface area contributed by atoms with Crippen molar-refractivity contribution in [3.05, 3.63) is 12.2 Å². The van der Waals surface area contributed by atoms with Crippen LogP contribution in [-0.2, 0) is 4.74 Å². The molecule has 9 nitrogen and oxygen atoms in total. The number of nitrogens with one attached hydrogen (secondary N) is 2. The second-order valence-electron chi connectivity index (χ2n) is 3.56. The molecule has 0 saturated carbocycles. The Kier molecular flexibility index (Phi) is 3.33. The Bertz CT molecular complexity index is 383. The summed E-state index contributed by atoms with van der Waals surface area (Å²) in [5, 5.41) is 36.1. The molecule has 4 atom stereocenters. The van der Waals surface area contributed by atoms with Crippen molar-refractivity contribution in [3.8, 4) is 0 Å². The van der Waals surface area contributed by atoms with Gasteiger partial charge in [0.15, 0.2) is 6.23 Å². The highest BCUT2D eigenvalue weighted by Crippen LogP contribution is 2.19. The lowest BCUT2D eigenvalue weighted by molar-refractivity contribution is -0.0305. The number of nitrogens with zero attached hydrogens (tertiary/aromatic N) is 2. The summed E-state index contributed by atoms with van der Waals surface area (Å²) in [5.74, 6) is -0.760. The highest BCUT2D eigenvalue weighted by atomic mass is 16.6. The van der Waals surface area contributed by atoms with Crippen LogP contribution in [0.4, 0.5) is 0 Å². The number of aromatic nitrogens is 3. The predicted octanol–water partition coefficient (Wildman–Crippen LogP) is -3.03. The summed E-state index contributed by atoms with van der Waals surface area (Å²) in [6, 6.07) is 0. The van der Waals surface area contributed by atoms with E-state index >= 15 is 0 Å². The monoisotopic (exact) mass is 244 g/mol. The van der Waals surface area contributed by atoms with Crippen LogP contribution < -0.4 is 5.32 Å². The van der Waals surface area contributed by atoms with Crippen LogP contribution in [0.3, 0.4) is 0 Å². The molecule has 2 heterocycles. The highest BCUT2D eigenvalue weighted by Gasteiger charge is 2.43. The van der Waals surface area contributed by atoms with Gasteiger partial charge in [0.2, 0.25) is 5.82 Å². The molecule has 0 bridgehead atoms. The number of aliphatic hydroxyl groups excluding tert-OH is 3. The van der Waals surface area contributed by atoms with Crippen LogP contribution in [0.2, 0.25) is 0 Å². The molecule has 1 aliphatic heterocycles. The zero-order valence-electron chi connectivity index (χ0n) is 8.65. The van der Waals surface area contributed by atoms with Crippen molar-refractivity contribution in [3.63, 3.8) is 0 Å². The molecule has 9 heteroatoms. The SMILES string of the molecule is O=C(NC1O[C@H](CO)[C@@H](O)[C@H]1O)c1nc[nH]n1. The fraction of sp³-hybridized carbons (Fsp3) is 0.625. The van der Waals surface area contributed by atoms with Gasteiger partial charge in [-0.05, 0) is 0 Å². The smallest absolute Gasteiger partial charge is 0.293 e. The Morgan fingerprint density at radius 1 is 1.53 bits per heavy atom. The normalized spacial score (nSPS) is 32.6. The molecule has 1 aromatic rings. The van der Waals surface area contributed by atoms with Gasteiger partial charge in [-0.2, -0.15) is 0 Å². The molecule has 0 radical (unpaired) electrons. The molecular weight excluding hydrogens is 232 g/mol. The van der Waals surface area contributed by atoms with Gasteiger partial charge >= 0.3 is 0 Å². The van der Waals surface area contributed by atoms with Gasteiger partial charge in [0.1, 0.15) is 24.6 Å². The lowest BCUT2D eigenvalue weighted by Crippen LogP contribution is -2.44. The van der Waals surface area contributed by atoms with Crippen LogP contribution >= 0.6 is 0 Å². The largest absolute Gasteiger partial charge is 0.394 e. The molecule has 2 rings (SSSR count). The minimum absolute atomic E-state index is 0.109. The van der Waals surface area contributed by atoms with Crippen molar-refractivity contribution in [1.82, 2.24) is 20.5 Å². The number of aromatic amines is 1. The van der Waals surface area contributed by atoms with Crippen LogP contribution in [0, 0.1) is 0 Å². The molecule has 17 heavy (non-hydrogen) atoms. The lowest BCUT2D eigenvalue weighted by atomic mass is 10.1. The number of rotatable bonds is 3. The van der Waals surface area contributed by atoms with E-state index in [4.69, 9.17) is 9.84 Å². The molecule has 0 aromatic carbocycles. The van der Waals surface area contributed by atoms with E-state index in [2.05, 4.69) is 20.5 Å². The maximum Gasteiger partial charge on any atom is 0.293 e. The van der Waals surface area contributed by atoms with Crippen LogP contribution in [0.5, 0.6) is 0 Å². The number of ether oxygens (including phenoxy) is 1. The predicted molar refractivity (Wildman–Crippen MR) is 51.6 cm³/mol. The van der Waals surface area contributed by atoms with Gasteiger partial charge in [0.25, 0.3) is 5.91 Å². The Labute approximate surface area is 95.4 Å². The minimum Gasteiger partial charge on any atom is -0.394 e. The van der Waals surface area contributed by atoms with Crippen LogP contribution in [0.15, 0.2) is 6.33 Å². The molecule has 1 fully saturated rings. The Balaban J connectivity index is 1.98. The summed E-state index contributed by atoms with van der Waals surface area (Å²) < 4.78 is 5.06. The summed E-state index contributed by atoms with van der Waals surface area (Å²) in [5.41, 5.74) is 0. The first kappa shape index (κ1) is 11.9. The summed E-state index contributed by atoms with van der Waals surface area (Å²) >= 11 is 0. The van der Waals surface area contributed by atoms with Crippen molar-refractivity contribution >= 4 is 5.91 Å². The number of amides is 1. The van der Waals surface area contributed by atoms with E-state index in [1.165, 1.54) is 6.33 Å². The number of aliphatic hydroxyl groups is 3.